The average molecular weight is 309 g/mol. The van der Waals surface area contributed by atoms with Gasteiger partial charge in [0, 0.05) is 25.3 Å². The van der Waals surface area contributed by atoms with E-state index in [0.29, 0.717) is 19.8 Å². The van der Waals surface area contributed by atoms with Crippen molar-refractivity contribution in [3.05, 3.63) is 23.5 Å². The van der Waals surface area contributed by atoms with Crippen LogP contribution in [0.3, 0.4) is 0 Å². The number of aromatic nitrogens is 1. The molecule has 1 N–H and O–H groups in total. The Morgan fingerprint density at radius 3 is 2.73 bits per heavy atom. The zero-order chi connectivity index (χ0) is 16.5. The lowest BCUT2D eigenvalue weighted by molar-refractivity contribution is 0.0597. The minimum absolute atomic E-state index is 0.417. The van der Waals surface area contributed by atoms with Crippen LogP contribution in [0, 0.1) is 0 Å². The molecule has 1 fully saturated rings. The molecule has 1 atom stereocenters. The third-order valence-corrected chi connectivity index (χ3v) is 3.42. The predicted molar refractivity (Wildman–Crippen MR) is 91.4 cm³/mol. The molecule has 2 heterocycles. The summed E-state index contributed by atoms with van der Waals surface area (Å²) in [7, 11) is 4.09. The van der Waals surface area contributed by atoms with Crippen LogP contribution in [0.15, 0.2) is 12.1 Å². The van der Waals surface area contributed by atoms with Gasteiger partial charge in [-0.3, -0.25) is 4.98 Å². The van der Waals surface area contributed by atoms with Gasteiger partial charge in [-0.1, -0.05) is 20.8 Å². The Kier molecular flexibility index (Phi) is 8.38. The molecule has 5 heteroatoms. The monoisotopic (exact) mass is 309 g/mol. The second kappa shape index (κ2) is 9.77. The van der Waals surface area contributed by atoms with Crippen molar-refractivity contribution in [3.63, 3.8) is 0 Å². The summed E-state index contributed by atoms with van der Waals surface area (Å²) < 4.78 is 5.40. The minimum atomic E-state index is -0.435. The van der Waals surface area contributed by atoms with Crippen LogP contribution in [-0.2, 0) is 17.7 Å². The summed E-state index contributed by atoms with van der Waals surface area (Å²) in [6.07, 6.45) is 0.502. The van der Waals surface area contributed by atoms with Crippen LogP contribution in [0.25, 0.3) is 0 Å². The first-order valence-electron chi connectivity index (χ1n) is 8.24. The zero-order valence-electron chi connectivity index (χ0n) is 14.7. The minimum Gasteiger partial charge on any atom is -0.389 e. The molecule has 0 spiro atoms. The van der Waals surface area contributed by atoms with E-state index in [9.17, 15) is 5.11 Å². The third-order valence-electron chi connectivity index (χ3n) is 3.42. The fraction of sp³-hybridized carbons (Fsp3) is 0.706. The smallest absolute Gasteiger partial charge is 0.0948 e. The summed E-state index contributed by atoms with van der Waals surface area (Å²) in [4.78, 5) is 9.06. The predicted octanol–water partition coefficient (Wildman–Crippen LogP) is 1.93. The van der Waals surface area contributed by atoms with Gasteiger partial charge in [0.05, 0.1) is 30.7 Å². The second-order valence-corrected chi connectivity index (χ2v) is 5.53. The first-order chi connectivity index (χ1) is 10.6. The van der Waals surface area contributed by atoms with Crippen LogP contribution in [0.2, 0.25) is 0 Å². The number of nitrogens with zero attached hydrogens (tertiary/aromatic N) is 3. The van der Waals surface area contributed by atoms with E-state index in [1.165, 1.54) is 0 Å². The van der Waals surface area contributed by atoms with Gasteiger partial charge in [0.2, 0.25) is 0 Å². The summed E-state index contributed by atoms with van der Waals surface area (Å²) >= 11 is 0. The van der Waals surface area contributed by atoms with Gasteiger partial charge in [0.1, 0.15) is 0 Å². The first-order valence-corrected chi connectivity index (χ1v) is 8.24. The highest BCUT2D eigenvalue weighted by molar-refractivity contribution is 5.51. The van der Waals surface area contributed by atoms with Crippen molar-refractivity contribution >= 4 is 5.69 Å². The Balaban J connectivity index is 0.00000116. The highest BCUT2D eigenvalue weighted by Gasteiger charge is 2.20. The van der Waals surface area contributed by atoms with Gasteiger partial charge < -0.3 is 19.6 Å². The molecular weight excluding hydrogens is 278 g/mol. The largest absolute Gasteiger partial charge is 0.389 e. The number of aliphatic hydroxyl groups excluding tert-OH is 1. The highest BCUT2D eigenvalue weighted by Crippen LogP contribution is 2.22. The van der Waals surface area contributed by atoms with E-state index >= 15 is 0 Å². The quantitative estimate of drug-likeness (QED) is 0.921. The van der Waals surface area contributed by atoms with E-state index in [0.717, 1.165) is 36.6 Å². The van der Waals surface area contributed by atoms with Gasteiger partial charge in [0.15, 0.2) is 0 Å². The molecule has 22 heavy (non-hydrogen) atoms. The van der Waals surface area contributed by atoms with Crippen LogP contribution in [0.1, 0.15) is 32.2 Å². The fourth-order valence-electron chi connectivity index (χ4n) is 2.45. The van der Waals surface area contributed by atoms with Crippen LogP contribution < -0.4 is 4.90 Å². The highest BCUT2D eigenvalue weighted by atomic mass is 16.5. The van der Waals surface area contributed by atoms with E-state index < -0.39 is 6.10 Å². The Morgan fingerprint density at radius 1 is 1.36 bits per heavy atom. The van der Waals surface area contributed by atoms with Crippen molar-refractivity contribution in [2.75, 3.05) is 45.3 Å². The van der Waals surface area contributed by atoms with Crippen molar-refractivity contribution in [2.24, 2.45) is 0 Å². The van der Waals surface area contributed by atoms with Gasteiger partial charge in [-0.2, -0.15) is 0 Å². The van der Waals surface area contributed by atoms with Crippen LogP contribution in [0.5, 0.6) is 0 Å². The van der Waals surface area contributed by atoms with E-state index in [1.807, 2.05) is 27.9 Å². The standard InChI is InChI=1S/C15H25N3O2.C2H6/c1-4-12-5-6-15(14(16-12)10-17(2)3)18-7-8-20-11-13(19)9-18;1-2/h5-6,13,19H,4,7-11H2,1-3H3;1-2H3. The molecule has 1 unspecified atom stereocenters. The van der Waals surface area contributed by atoms with Crippen molar-refractivity contribution in [1.29, 1.82) is 0 Å². The fourth-order valence-corrected chi connectivity index (χ4v) is 2.45. The van der Waals surface area contributed by atoms with Gasteiger partial charge in [-0.25, -0.2) is 0 Å². The molecule has 0 amide bonds. The van der Waals surface area contributed by atoms with Crippen LogP contribution >= 0.6 is 0 Å². The van der Waals surface area contributed by atoms with Crippen molar-refractivity contribution < 1.29 is 9.84 Å². The summed E-state index contributed by atoms with van der Waals surface area (Å²) in [5, 5.41) is 9.90. The number of β-amino-alcohol motifs (C(OH)–C–C–N with tert-alkyl or cyclic N) is 1. The number of pyridine rings is 1. The van der Waals surface area contributed by atoms with Gasteiger partial charge >= 0.3 is 0 Å². The molecule has 0 aliphatic carbocycles. The molecule has 126 valence electrons. The van der Waals surface area contributed by atoms with Gasteiger partial charge in [-0.05, 0) is 32.6 Å². The maximum atomic E-state index is 9.90. The molecule has 1 aromatic heterocycles. The van der Waals surface area contributed by atoms with E-state index in [2.05, 4.69) is 28.9 Å². The number of rotatable bonds is 4. The summed E-state index contributed by atoms with van der Waals surface area (Å²) in [6, 6.07) is 4.20. The maximum absolute atomic E-state index is 9.90. The molecule has 0 radical (unpaired) electrons. The van der Waals surface area contributed by atoms with Crippen molar-refractivity contribution in [3.8, 4) is 0 Å². The molecule has 2 rings (SSSR count). The Hall–Kier alpha value is -1.17. The Morgan fingerprint density at radius 2 is 2.09 bits per heavy atom. The second-order valence-electron chi connectivity index (χ2n) is 5.53. The maximum Gasteiger partial charge on any atom is 0.0948 e. The Labute approximate surface area is 134 Å². The summed E-state index contributed by atoms with van der Waals surface area (Å²) in [5.41, 5.74) is 3.29. The molecule has 0 saturated carbocycles. The number of ether oxygens (including phenoxy) is 1. The molecule has 0 aromatic carbocycles. The number of aliphatic hydroxyl groups is 1. The lowest BCUT2D eigenvalue weighted by Crippen LogP contribution is -2.34. The molecule has 1 aliphatic heterocycles. The number of hydrogen-bond acceptors (Lipinski definition) is 5. The van der Waals surface area contributed by atoms with E-state index in [4.69, 9.17) is 9.72 Å². The molecule has 1 aromatic rings. The van der Waals surface area contributed by atoms with E-state index in [-0.39, 0.29) is 0 Å². The number of hydrogen-bond donors (Lipinski definition) is 1. The van der Waals surface area contributed by atoms with Crippen LogP contribution in [0.4, 0.5) is 5.69 Å². The van der Waals surface area contributed by atoms with Gasteiger partial charge in [0.25, 0.3) is 0 Å². The normalized spacial score (nSPS) is 18.7. The van der Waals surface area contributed by atoms with E-state index in [1.54, 1.807) is 0 Å². The van der Waals surface area contributed by atoms with Crippen molar-refractivity contribution in [1.82, 2.24) is 9.88 Å². The molecular formula is C17H31N3O2. The Bertz CT molecular complexity index is 438. The molecule has 5 nitrogen and oxygen atoms in total. The summed E-state index contributed by atoms with van der Waals surface area (Å²) in [6.45, 7) is 9.38. The SMILES string of the molecule is CC.CCc1ccc(N2CCOCC(O)C2)c(CN(C)C)n1. The number of anilines is 1. The molecule has 1 aliphatic rings. The lowest BCUT2D eigenvalue weighted by Gasteiger charge is -2.26. The molecule has 0 bridgehead atoms. The molecule has 1 saturated heterocycles. The zero-order valence-corrected chi connectivity index (χ0v) is 14.7. The topological polar surface area (TPSA) is 48.8 Å². The third kappa shape index (κ3) is 5.55. The van der Waals surface area contributed by atoms with Crippen molar-refractivity contribution in [2.45, 2.75) is 39.8 Å². The van der Waals surface area contributed by atoms with Crippen LogP contribution in [-0.4, -0.2) is 61.5 Å². The average Bonchev–Trinajstić information content (AvgIpc) is 2.73. The number of aryl methyl sites for hydroxylation is 1. The lowest BCUT2D eigenvalue weighted by atomic mass is 10.2. The first kappa shape index (κ1) is 18.9. The van der Waals surface area contributed by atoms with Gasteiger partial charge in [-0.15, -0.1) is 0 Å². The summed E-state index contributed by atoms with van der Waals surface area (Å²) in [5.74, 6) is 0.